The fourth-order valence-corrected chi connectivity index (χ4v) is 3.45. The van der Waals surface area contributed by atoms with Gasteiger partial charge < -0.3 is 10.3 Å². The normalized spacial score (nSPS) is 33.5. The number of hydrogen-bond donors (Lipinski definition) is 1. The summed E-state index contributed by atoms with van der Waals surface area (Å²) >= 11 is 0. The average Bonchev–Trinajstić information content (AvgIpc) is 2.94. The van der Waals surface area contributed by atoms with Gasteiger partial charge in [-0.3, -0.25) is 0 Å². The van der Waals surface area contributed by atoms with Crippen LogP contribution in [0.4, 0.5) is 0 Å². The molecule has 2 N–H and O–H groups in total. The lowest BCUT2D eigenvalue weighted by atomic mass is 9.77. The van der Waals surface area contributed by atoms with E-state index in [1.54, 1.807) is 0 Å². The molecule has 0 aliphatic heterocycles. The number of nitrogens with two attached hydrogens (primary N) is 1. The van der Waals surface area contributed by atoms with Crippen LogP contribution >= 0.6 is 0 Å². The Hall–Kier alpha value is -0.900. The van der Waals surface area contributed by atoms with Gasteiger partial charge in [0.2, 0.25) is 5.89 Å². The second-order valence-electron chi connectivity index (χ2n) is 6.63. The van der Waals surface area contributed by atoms with Gasteiger partial charge in [-0.15, -0.1) is 0 Å². The van der Waals surface area contributed by atoms with E-state index in [2.05, 4.69) is 17.1 Å². The van der Waals surface area contributed by atoms with Crippen LogP contribution in [0.15, 0.2) is 4.52 Å². The van der Waals surface area contributed by atoms with Crippen molar-refractivity contribution in [3.63, 3.8) is 0 Å². The van der Waals surface area contributed by atoms with E-state index in [0.717, 1.165) is 37.4 Å². The predicted molar refractivity (Wildman–Crippen MR) is 73.6 cm³/mol. The van der Waals surface area contributed by atoms with Crippen LogP contribution in [0.1, 0.15) is 82.3 Å². The van der Waals surface area contributed by atoms with Gasteiger partial charge in [-0.1, -0.05) is 31.3 Å². The summed E-state index contributed by atoms with van der Waals surface area (Å²) in [5, 5.41) is 4.21. The molecule has 4 heteroatoms. The quantitative estimate of drug-likeness (QED) is 0.887. The fraction of sp³-hybridized carbons (Fsp3) is 0.867. The fourth-order valence-electron chi connectivity index (χ4n) is 3.45. The molecule has 2 saturated carbocycles. The summed E-state index contributed by atoms with van der Waals surface area (Å²) in [4.78, 5) is 4.65. The second kappa shape index (κ2) is 5.23. The van der Waals surface area contributed by atoms with Gasteiger partial charge in [-0.2, -0.15) is 4.98 Å². The first kappa shape index (κ1) is 13.1. The SMILES string of the molecule is CC1CCC(N)(c2nc(C3CCCCC3)no2)CC1. The average molecular weight is 263 g/mol. The molecule has 2 aliphatic rings. The highest BCUT2D eigenvalue weighted by Gasteiger charge is 2.37. The van der Waals surface area contributed by atoms with Crippen LogP contribution < -0.4 is 5.73 Å². The molecule has 19 heavy (non-hydrogen) atoms. The van der Waals surface area contributed by atoms with Crippen molar-refractivity contribution in [1.29, 1.82) is 0 Å². The maximum Gasteiger partial charge on any atom is 0.246 e. The minimum Gasteiger partial charge on any atom is -0.337 e. The van der Waals surface area contributed by atoms with E-state index in [1.807, 2.05) is 0 Å². The molecule has 0 spiro atoms. The summed E-state index contributed by atoms with van der Waals surface area (Å²) in [6.45, 7) is 2.29. The molecule has 2 fully saturated rings. The van der Waals surface area contributed by atoms with E-state index in [9.17, 15) is 0 Å². The largest absolute Gasteiger partial charge is 0.337 e. The first-order chi connectivity index (χ1) is 9.17. The maximum absolute atomic E-state index is 6.49. The summed E-state index contributed by atoms with van der Waals surface area (Å²) in [6, 6.07) is 0. The van der Waals surface area contributed by atoms with Crippen LogP contribution in [-0.4, -0.2) is 10.1 Å². The van der Waals surface area contributed by atoms with Gasteiger partial charge >= 0.3 is 0 Å². The first-order valence-electron chi connectivity index (χ1n) is 7.80. The van der Waals surface area contributed by atoms with Crippen molar-refractivity contribution in [3.8, 4) is 0 Å². The van der Waals surface area contributed by atoms with Crippen molar-refractivity contribution in [3.05, 3.63) is 11.7 Å². The second-order valence-corrected chi connectivity index (χ2v) is 6.63. The van der Waals surface area contributed by atoms with E-state index in [0.29, 0.717) is 11.8 Å². The smallest absolute Gasteiger partial charge is 0.246 e. The Morgan fingerprint density at radius 2 is 1.79 bits per heavy atom. The number of hydrogen-bond acceptors (Lipinski definition) is 4. The molecule has 106 valence electrons. The minimum absolute atomic E-state index is 0.369. The lowest BCUT2D eigenvalue weighted by Gasteiger charge is -2.32. The minimum atomic E-state index is -0.369. The zero-order valence-corrected chi connectivity index (χ0v) is 11.9. The van der Waals surface area contributed by atoms with Crippen LogP contribution in [0.25, 0.3) is 0 Å². The van der Waals surface area contributed by atoms with Crippen LogP contribution in [0.5, 0.6) is 0 Å². The standard InChI is InChI=1S/C15H25N3O/c1-11-7-9-15(16,10-8-11)14-17-13(18-19-14)12-5-3-2-4-6-12/h11-12H,2-10,16H2,1H3. The molecule has 0 aromatic carbocycles. The lowest BCUT2D eigenvalue weighted by Crippen LogP contribution is -2.40. The van der Waals surface area contributed by atoms with Crippen molar-refractivity contribution < 1.29 is 4.52 Å². The van der Waals surface area contributed by atoms with E-state index < -0.39 is 0 Å². The monoisotopic (exact) mass is 263 g/mol. The molecule has 2 aliphatic carbocycles. The summed E-state index contributed by atoms with van der Waals surface area (Å²) in [6.07, 6.45) is 10.6. The summed E-state index contributed by atoms with van der Waals surface area (Å²) < 4.78 is 5.51. The molecule has 0 unspecified atom stereocenters. The molecule has 1 aromatic rings. The van der Waals surface area contributed by atoms with Crippen molar-refractivity contribution in [2.24, 2.45) is 11.7 Å². The number of rotatable bonds is 2. The molecular weight excluding hydrogens is 238 g/mol. The molecule has 0 bridgehead atoms. The van der Waals surface area contributed by atoms with Gasteiger partial charge in [0.1, 0.15) is 0 Å². The highest BCUT2D eigenvalue weighted by Crippen LogP contribution is 2.38. The molecule has 1 heterocycles. The zero-order chi connectivity index (χ0) is 13.3. The molecular formula is C15H25N3O. The molecule has 0 amide bonds. The Labute approximate surface area is 115 Å². The first-order valence-corrected chi connectivity index (χ1v) is 7.80. The third kappa shape index (κ3) is 2.69. The van der Waals surface area contributed by atoms with Crippen LogP contribution in [0.2, 0.25) is 0 Å². The third-order valence-electron chi connectivity index (χ3n) is 5.00. The van der Waals surface area contributed by atoms with Gasteiger partial charge in [0.05, 0.1) is 5.54 Å². The maximum atomic E-state index is 6.49. The highest BCUT2D eigenvalue weighted by molar-refractivity contribution is 5.06. The molecule has 3 rings (SSSR count). The summed E-state index contributed by atoms with van der Waals surface area (Å²) in [7, 11) is 0. The van der Waals surface area contributed by atoms with Crippen LogP contribution in [0.3, 0.4) is 0 Å². The number of aromatic nitrogens is 2. The molecule has 0 radical (unpaired) electrons. The lowest BCUT2D eigenvalue weighted by molar-refractivity contribution is 0.190. The molecule has 0 atom stereocenters. The summed E-state index contributed by atoms with van der Waals surface area (Å²) in [5.74, 6) is 2.85. The Bertz CT molecular complexity index is 415. The van der Waals surface area contributed by atoms with Crippen molar-refractivity contribution in [2.75, 3.05) is 0 Å². The molecule has 4 nitrogen and oxygen atoms in total. The van der Waals surface area contributed by atoms with Crippen LogP contribution in [0, 0.1) is 5.92 Å². The van der Waals surface area contributed by atoms with Gasteiger partial charge in [0.15, 0.2) is 5.82 Å². The van der Waals surface area contributed by atoms with Gasteiger partial charge in [-0.25, -0.2) is 0 Å². The van der Waals surface area contributed by atoms with E-state index >= 15 is 0 Å². The number of nitrogens with zero attached hydrogens (tertiary/aromatic N) is 2. The van der Waals surface area contributed by atoms with Gasteiger partial charge in [0.25, 0.3) is 0 Å². The Balaban J connectivity index is 1.73. The summed E-state index contributed by atoms with van der Waals surface area (Å²) in [5.41, 5.74) is 6.12. The van der Waals surface area contributed by atoms with Crippen molar-refractivity contribution >= 4 is 0 Å². The van der Waals surface area contributed by atoms with E-state index in [1.165, 1.54) is 32.1 Å². The third-order valence-corrected chi connectivity index (χ3v) is 5.00. The Kier molecular flexibility index (Phi) is 3.61. The molecule has 1 aromatic heterocycles. The molecule has 0 saturated heterocycles. The highest BCUT2D eigenvalue weighted by atomic mass is 16.5. The predicted octanol–water partition coefficient (Wildman–Crippen LogP) is 3.48. The van der Waals surface area contributed by atoms with Gasteiger partial charge in [0, 0.05) is 5.92 Å². The topological polar surface area (TPSA) is 64.9 Å². The van der Waals surface area contributed by atoms with Gasteiger partial charge in [-0.05, 0) is 44.4 Å². The Morgan fingerprint density at radius 3 is 2.47 bits per heavy atom. The van der Waals surface area contributed by atoms with E-state index in [-0.39, 0.29) is 5.54 Å². The van der Waals surface area contributed by atoms with E-state index in [4.69, 9.17) is 10.3 Å². The van der Waals surface area contributed by atoms with Crippen molar-refractivity contribution in [2.45, 2.75) is 76.2 Å². The zero-order valence-electron chi connectivity index (χ0n) is 11.9. The Morgan fingerprint density at radius 1 is 1.11 bits per heavy atom. The van der Waals surface area contributed by atoms with Crippen LogP contribution in [-0.2, 0) is 5.54 Å². The van der Waals surface area contributed by atoms with Crippen molar-refractivity contribution in [1.82, 2.24) is 10.1 Å².